The fraction of sp³-hybridized carbons (Fsp3) is 0.269. The Bertz CT molecular complexity index is 1180. The minimum Gasteiger partial charge on any atom is -0.467 e. The number of rotatable bonds is 9. The monoisotopic (exact) mass is 477 g/mol. The normalized spacial score (nSPS) is 17.2. The van der Waals surface area contributed by atoms with Gasteiger partial charge in [-0.05, 0) is 42.3 Å². The Hall–Kier alpha value is -4.11. The van der Waals surface area contributed by atoms with Crippen molar-refractivity contribution in [3.63, 3.8) is 0 Å². The summed E-state index contributed by atoms with van der Waals surface area (Å²) in [6.07, 6.45) is 0.0610. The van der Waals surface area contributed by atoms with Crippen LogP contribution in [0.3, 0.4) is 0 Å². The molecule has 2 heterocycles. The van der Waals surface area contributed by atoms with Crippen molar-refractivity contribution in [2.75, 3.05) is 19.0 Å². The highest BCUT2D eigenvalue weighted by molar-refractivity contribution is 5.92. The third-order valence-electron chi connectivity index (χ3n) is 5.62. The minimum absolute atomic E-state index is 0.0925. The van der Waals surface area contributed by atoms with Crippen LogP contribution in [0.2, 0.25) is 0 Å². The Kier molecular flexibility index (Phi) is 7.47. The van der Waals surface area contributed by atoms with Crippen LogP contribution in [0, 0.1) is 6.92 Å². The molecule has 182 valence electrons. The minimum atomic E-state index is -0.927. The van der Waals surface area contributed by atoms with Gasteiger partial charge in [0.05, 0.1) is 19.4 Å². The molecule has 4 rings (SSSR count). The van der Waals surface area contributed by atoms with Crippen molar-refractivity contribution in [1.29, 1.82) is 0 Å². The van der Waals surface area contributed by atoms with Gasteiger partial charge in [0.25, 0.3) is 0 Å². The van der Waals surface area contributed by atoms with Gasteiger partial charge in [-0.1, -0.05) is 42.0 Å². The first kappa shape index (κ1) is 24.0. The van der Waals surface area contributed by atoms with E-state index in [-0.39, 0.29) is 31.5 Å². The first-order valence-corrected chi connectivity index (χ1v) is 11.2. The number of benzene rings is 2. The number of anilines is 1. The maximum absolute atomic E-state index is 13.4. The number of carbonyl (C=O) groups excluding carboxylic acids is 3. The van der Waals surface area contributed by atoms with Gasteiger partial charge in [-0.2, -0.15) is 0 Å². The quantitative estimate of drug-likeness (QED) is 0.488. The van der Waals surface area contributed by atoms with E-state index >= 15 is 0 Å². The predicted octanol–water partition coefficient (Wildman–Crippen LogP) is 3.55. The van der Waals surface area contributed by atoms with Gasteiger partial charge in [0.2, 0.25) is 11.8 Å². The second-order valence-corrected chi connectivity index (χ2v) is 8.27. The molecule has 0 saturated carbocycles. The summed E-state index contributed by atoms with van der Waals surface area (Å²) in [7, 11) is 1.43. The van der Waals surface area contributed by atoms with Gasteiger partial charge in [-0.25, -0.2) is 4.79 Å². The highest BCUT2D eigenvalue weighted by Gasteiger charge is 2.47. The van der Waals surface area contributed by atoms with Gasteiger partial charge >= 0.3 is 6.09 Å². The van der Waals surface area contributed by atoms with Crippen molar-refractivity contribution in [2.24, 2.45) is 0 Å². The van der Waals surface area contributed by atoms with Gasteiger partial charge in [0.1, 0.15) is 12.4 Å². The molecule has 0 spiro atoms. The van der Waals surface area contributed by atoms with E-state index in [1.807, 2.05) is 31.2 Å². The molecule has 1 fully saturated rings. The largest absolute Gasteiger partial charge is 0.467 e. The van der Waals surface area contributed by atoms with Crippen LogP contribution >= 0.6 is 0 Å². The summed E-state index contributed by atoms with van der Waals surface area (Å²) in [6, 6.07) is 17.2. The molecule has 1 saturated heterocycles. The van der Waals surface area contributed by atoms with Crippen molar-refractivity contribution in [2.45, 2.75) is 32.2 Å². The number of aryl methyl sites for hydroxylation is 1. The number of carbonyl (C=O) groups is 3. The Balaban J connectivity index is 1.60. The van der Waals surface area contributed by atoms with Gasteiger partial charge in [0.15, 0.2) is 12.1 Å². The number of hydrogen-bond acceptors (Lipinski definition) is 6. The van der Waals surface area contributed by atoms with E-state index < -0.39 is 18.2 Å². The lowest BCUT2D eigenvalue weighted by Crippen LogP contribution is -2.46. The van der Waals surface area contributed by atoms with Crippen LogP contribution < -0.4 is 10.6 Å². The number of furan rings is 1. The maximum Gasteiger partial charge on any atom is 0.411 e. The number of nitrogens with zero attached hydrogens (tertiary/aromatic N) is 1. The molecule has 1 aliphatic heterocycles. The summed E-state index contributed by atoms with van der Waals surface area (Å²) in [6.45, 7) is 2.27. The highest BCUT2D eigenvalue weighted by atomic mass is 16.6. The molecule has 2 aromatic carbocycles. The lowest BCUT2D eigenvalue weighted by Gasteiger charge is -2.24. The van der Waals surface area contributed by atoms with E-state index in [0.29, 0.717) is 17.0 Å². The third-order valence-corrected chi connectivity index (χ3v) is 5.62. The zero-order valence-electron chi connectivity index (χ0n) is 19.5. The molecule has 1 aromatic heterocycles. The summed E-state index contributed by atoms with van der Waals surface area (Å²) in [5.74, 6) is -0.104. The molecular formula is C26H27N3O6. The molecule has 9 nitrogen and oxygen atoms in total. The van der Waals surface area contributed by atoms with Crippen LogP contribution in [0.5, 0.6) is 0 Å². The van der Waals surface area contributed by atoms with E-state index in [2.05, 4.69) is 10.6 Å². The first-order valence-electron chi connectivity index (χ1n) is 11.2. The standard InChI is InChI=1S/C26H27N3O6/c1-17-8-10-18(11-9-17)15-29-23(25(31)27-14-21-7-4-12-34-21)24(35-26(29)32)19-5-3-6-20(13-19)28-22(30)16-33-2/h3-13,23-24H,14-16H2,1-2H3,(H,27,31)(H,28,30)/t23-,24+/m1/s1. The third kappa shape index (κ3) is 5.88. The lowest BCUT2D eigenvalue weighted by molar-refractivity contribution is -0.126. The van der Waals surface area contributed by atoms with Gasteiger partial charge in [-0.15, -0.1) is 0 Å². The molecule has 0 aliphatic carbocycles. The molecule has 0 bridgehead atoms. The average Bonchev–Trinajstić information content (AvgIpc) is 3.47. The lowest BCUT2D eigenvalue weighted by atomic mass is 10.00. The summed E-state index contributed by atoms with van der Waals surface area (Å²) < 4.78 is 15.9. The van der Waals surface area contributed by atoms with Crippen LogP contribution in [-0.2, 0) is 32.2 Å². The van der Waals surface area contributed by atoms with Crippen LogP contribution in [0.15, 0.2) is 71.3 Å². The molecule has 2 N–H and O–H groups in total. The highest BCUT2D eigenvalue weighted by Crippen LogP contribution is 2.35. The average molecular weight is 478 g/mol. The van der Waals surface area contributed by atoms with E-state index in [0.717, 1.165) is 11.1 Å². The van der Waals surface area contributed by atoms with Gasteiger partial charge in [-0.3, -0.25) is 14.5 Å². The van der Waals surface area contributed by atoms with Crippen molar-refractivity contribution in [3.8, 4) is 0 Å². The summed E-state index contributed by atoms with van der Waals surface area (Å²) in [5.41, 5.74) is 3.05. The first-order chi connectivity index (χ1) is 16.9. The Morgan fingerprint density at radius 3 is 2.60 bits per heavy atom. The summed E-state index contributed by atoms with van der Waals surface area (Å²) in [4.78, 5) is 39.7. The Labute approximate surface area is 203 Å². The maximum atomic E-state index is 13.4. The topological polar surface area (TPSA) is 110 Å². The Morgan fingerprint density at radius 1 is 1.09 bits per heavy atom. The van der Waals surface area contributed by atoms with Crippen LogP contribution in [-0.4, -0.2) is 42.6 Å². The summed E-state index contributed by atoms with van der Waals surface area (Å²) in [5, 5.41) is 5.57. The number of amides is 3. The second-order valence-electron chi connectivity index (χ2n) is 8.27. The zero-order chi connectivity index (χ0) is 24.8. The van der Waals surface area contributed by atoms with E-state index in [1.165, 1.54) is 18.3 Å². The van der Waals surface area contributed by atoms with Crippen LogP contribution in [0.1, 0.15) is 28.6 Å². The molecular weight excluding hydrogens is 450 g/mol. The number of cyclic esters (lactones) is 1. The Morgan fingerprint density at radius 2 is 1.89 bits per heavy atom. The predicted molar refractivity (Wildman–Crippen MR) is 127 cm³/mol. The molecule has 3 aromatic rings. The molecule has 3 amide bonds. The molecule has 0 radical (unpaired) electrons. The van der Waals surface area contributed by atoms with E-state index in [4.69, 9.17) is 13.9 Å². The smallest absolute Gasteiger partial charge is 0.411 e. The number of nitrogens with one attached hydrogen (secondary N) is 2. The fourth-order valence-corrected chi connectivity index (χ4v) is 3.91. The zero-order valence-corrected chi connectivity index (χ0v) is 19.5. The second kappa shape index (κ2) is 10.9. The van der Waals surface area contributed by atoms with E-state index in [1.54, 1.807) is 36.4 Å². The van der Waals surface area contributed by atoms with Crippen molar-refractivity contribution in [3.05, 3.63) is 89.4 Å². The van der Waals surface area contributed by atoms with Gasteiger partial charge in [0, 0.05) is 12.8 Å². The molecule has 2 atom stereocenters. The van der Waals surface area contributed by atoms with Crippen LogP contribution in [0.25, 0.3) is 0 Å². The van der Waals surface area contributed by atoms with Crippen LogP contribution in [0.4, 0.5) is 10.5 Å². The number of hydrogen-bond donors (Lipinski definition) is 2. The number of ether oxygens (including phenoxy) is 2. The SMILES string of the molecule is COCC(=O)Nc1cccc([C@@H]2OC(=O)N(Cc3ccc(C)cc3)[C@H]2C(=O)NCc2ccco2)c1. The van der Waals surface area contributed by atoms with Crippen molar-refractivity contribution < 1.29 is 28.3 Å². The summed E-state index contributed by atoms with van der Waals surface area (Å²) >= 11 is 0. The molecule has 9 heteroatoms. The molecule has 0 unspecified atom stereocenters. The fourth-order valence-electron chi connectivity index (χ4n) is 3.91. The van der Waals surface area contributed by atoms with Crippen molar-refractivity contribution in [1.82, 2.24) is 10.2 Å². The van der Waals surface area contributed by atoms with Crippen molar-refractivity contribution >= 4 is 23.6 Å². The van der Waals surface area contributed by atoms with E-state index in [9.17, 15) is 14.4 Å². The molecule has 1 aliphatic rings. The van der Waals surface area contributed by atoms with Gasteiger partial charge < -0.3 is 24.5 Å². The molecule has 35 heavy (non-hydrogen) atoms. The number of methoxy groups -OCH3 is 1.